The lowest BCUT2D eigenvalue weighted by molar-refractivity contribution is -0.155. The van der Waals surface area contributed by atoms with Gasteiger partial charge in [0.25, 0.3) is 0 Å². The van der Waals surface area contributed by atoms with Gasteiger partial charge in [-0.15, -0.1) is 0 Å². The van der Waals surface area contributed by atoms with Crippen molar-refractivity contribution in [1.29, 1.82) is 0 Å². The number of carbonyl (C=O) groups excluding carboxylic acids is 3. The fourth-order valence-corrected chi connectivity index (χ4v) is 2.55. The van der Waals surface area contributed by atoms with Gasteiger partial charge in [0, 0.05) is 0 Å². The van der Waals surface area contributed by atoms with Gasteiger partial charge in [0.15, 0.2) is 0 Å². The number of carbonyl (C=O) groups is 3. The molecule has 0 unspecified atom stereocenters. The highest BCUT2D eigenvalue weighted by molar-refractivity contribution is 6.06. The monoisotopic (exact) mass is 294 g/mol. The first kappa shape index (κ1) is 15.2. The SMILES string of the molecule is C=CCOC(=O)C1=C(C(=O)OCC)CC[C@@H]2[C@H](N)C(=O)N12. The third-order valence-corrected chi connectivity index (χ3v) is 3.53. The molecule has 7 nitrogen and oxygen atoms in total. The lowest BCUT2D eigenvalue weighted by Gasteiger charge is -2.48. The topological polar surface area (TPSA) is 98.9 Å². The van der Waals surface area contributed by atoms with Crippen LogP contribution in [0.3, 0.4) is 0 Å². The van der Waals surface area contributed by atoms with E-state index in [1.54, 1.807) is 6.92 Å². The van der Waals surface area contributed by atoms with Crippen LogP contribution in [0, 0.1) is 0 Å². The second kappa shape index (κ2) is 6.09. The van der Waals surface area contributed by atoms with Crippen LogP contribution in [0.5, 0.6) is 0 Å². The number of esters is 2. The van der Waals surface area contributed by atoms with E-state index in [1.807, 2.05) is 0 Å². The number of ether oxygens (including phenoxy) is 2. The van der Waals surface area contributed by atoms with Gasteiger partial charge in [-0.05, 0) is 19.8 Å². The van der Waals surface area contributed by atoms with E-state index in [-0.39, 0.29) is 36.4 Å². The maximum absolute atomic E-state index is 12.1. The Balaban J connectivity index is 2.35. The molecule has 2 aliphatic heterocycles. The molecular formula is C14H18N2O5. The average molecular weight is 294 g/mol. The number of fused-ring (bicyclic) bond motifs is 1. The van der Waals surface area contributed by atoms with Crippen molar-refractivity contribution in [1.82, 2.24) is 4.90 Å². The van der Waals surface area contributed by atoms with Crippen molar-refractivity contribution < 1.29 is 23.9 Å². The molecule has 1 fully saturated rings. The Labute approximate surface area is 122 Å². The summed E-state index contributed by atoms with van der Waals surface area (Å²) in [7, 11) is 0. The molecule has 2 heterocycles. The van der Waals surface area contributed by atoms with Crippen molar-refractivity contribution in [2.75, 3.05) is 13.2 Å². The summed E-state index contributed by atoms with van der Waals surface area (Å²) in [5.41, 5.74) is 5.85. The van der Waals surface area contributed by atoms with Crippen LogP contribution in [0.4, 0.5) is 0 Å². The van der Waals surface area contributed by atoms with Crippen LogP contribution in [0.2, 0.25) is 0 Å². The molecule has 2 rings (SSSR count). The Morgan fingerprint density at radius 1 is 1.43 bits per heavy atom. The molecule has 0 aromatic heterocycles. The summed E-state index contributed by atoms with van der Waals surface area (Å²) in [6.45, 7) is 5.31. The summed E-state index contributed by atoms with van der Waals surface area (Å²) in [5.74, 6) is -1.72. The van der Waals surface area contributed by atoms with Crippen molar-refractivity contribution >= 4 is 17.8 Å². The van der Waals surface area contributed by atoms with Gasteiger partial charge < -0.3 is 15.2 Å². The Bertz CT molecular complexity index is 525. The Hall–Kier alpha value is -2.15. The van der Waals surface area contributed by atoms with Crippen LogP contribution in [0.15, 0.2) is 23.9 Å². The van der Waals surface area contributed by atoms with Gasteiger partial charge in [0.1, 0.15) is 18.3 Å². The zero-order chi connectivity index (χ0) is 15.6. The molecule has 0 spiro atoms. The highest BCUT2D eigenvalue weighted by Crippen LogP contribution is 2.36. The molecule has 2 aliphatic rings. The summed E-state index contributed by atoms with van der Waals surface area (Å²) < 4.78 is 9.91. The van der Waals surface area contributed by atoms with Crippen LogP contribution in [0.1, 0.15) is 19.8 Å². The average Bonchev–Trinajstić information content (AvgIpc) is 2.50. The lowest BCUT2D eigenvalue weighted by Crippen LogP contribution is -2.70. The van der Waals surface area contributed by atoms with Gasteiger partial charge in [0.05, 0.1) is 18.2 Å². The van der Waals surface area contributed by atoms with Gasteiger partial charge in [0.2, 0.25) is 5.91 Å². The summed E-state index contributed by atoms with van der Waals surface area (Å²) >= 11 is 0. The predicted octanol–water partition coefficient (Wildman–Crippen LogP) is -0.135. The predicted molar refractivity (Wildman–Crippen MR) is 72.7 cm³/mol. The van der Waals surface area contributed by atoms with Crippen LogP contribution in [-0.2, 0) is 23.9 Å². The Kier molecular flexibility index (Phi) is 4.42. The number of rotatable bonds is 5. The first-order chi connectivity index (χ1) is 10.0. The van der Waals surface area contributed by atoms with E-state index in [2.05, 4.69) is 6.58 Å². The summed E-state index contributed by atoms with van der Waals surface area (Å²) in [6.07, 6.45) is 2.27. The molecule has 2 atom stereocenters. The van der Waals surface area contributed by atoms with Crippen molar-refractivity contribution in [2.45, 2.75) is 31.8 Å². The minimum atomic E-state index is -0.733. The fraction of sp³-hybridized carbons (Fsp3) is 0.500. The van der Waals surface area contributed by atoms with Gasteiger partial charge in [-0.25, -0.2) is 9.59 Å². The van der Waals surface area contributed by atoms with Crippen LogP contribution in [0.25, 0.3) is 0 Å². The fourth-order valence-electron chi connectivity index (χ4n) is 2.55. The molecule has 0 radical (unpaired) electrons. The first-order valence-corrected chi connectivity index (χ1v) is 6.79. The number of β-lactam (4-membered cyclic amide) rings is 1. The Morgan fingerprint density at radius 2 is 2.14 bits per heavy atom. The third kappa shape index (κ3) is 2.56. The zero-order valence-corrected chi connectivity index (χ0v) is 11.8. The summed E-state index contributed by atoms with van der Waals surface area (Å²) in [6, 6.07) is -0.891. The largest absolute Gasteiger partial charge is 0.463 e. The number of nitrogens with two attached hydrogens (primary N) is 1. The van der Waals surface area contributed by atoms with Crippen molar-refractivity contribution in [3.63, 3.8) is 0 Å². The number of hydrogen-bond acceptors (Lipinski definition) is 6. The molecule has 0 aromatic rings. The van der Waals surface area contributed by atoms with E-state index in [9.17, 15) is 14.4 Å². The van der Waals surface area contributed by atoms with Gasteiger partial charge in [-0.1, -0.05) is 12.7 Å². The van der Waals surface area contributed by atoms with Gasteiger partial charge in [-0.2, -0.15) is 0 Å². The molecule has 0 aromatic carbocycles. The minimum Gasteiger partial charge on any atom is -0.463 e. The van der Waals surface area contributed by atoms with Crippen molar-refractivity contribution in [3.05, 3.63) is 23.9 Å². The normalized spacial score (nSPS) is 24.1. The molecule has 1 amide bonds. The van der Waals surface area contributed by atoms with Gasteiger partial charge in [-0.3, -0.25) is 9.69 Å². The van der Waals surface area contributed by atoms with E-state index in [4.69, 9.17) is 15.2 Å². The maximum atomic E-state index is 12.1. The van der Waals surface area contributed by atoms with Crippen molar-refractivity contribution in [3.8, 4) is 0 Å². The molecule has 0 saturated carbocycles. The van der Waals surface area contributed by atoms with E-state index >= 15 is 0 Å². The quantitative estimate of drug-likeness (QED) is 0.430. The minimum absolute atomic E-state index is 0.00279. The molecule has 114 valence electrons. The number of nitrogens with zero attached hydrogens (tertiary/aromatic N) is 1. The molecule has 21 heavy (non-hydrogen) atoms. The Morgan fingerprint density at radius 3 is 2.76 bits per heavy atom. The molecule has 2 N–H and O–H groups in total. The molecule has 7 heteroatoms. The van der Waals surface area contributed by atoms with Crippen LogP contribution >= 0.6 is 0 Å². The van der Waals surface area contributed by atoms with Crippen LogP contribution < -0.4 is 5.73 Å². The smallest absolute Gasteiger partial charge is 0.355 e. The van der Waals surface area contributed by atoms with Gasteiger partial charge >= 0.3 is 11.9 Å². The lowest BCUT2D eigenvalue weighted by atomic mass is 9.84. The summed E-state index contributed by atoms with van der Waals surface area (Å²) in [4.78, 5) is 37.3. The summed E-state index contributed by atoms with van der Waals surface area (Å²) in [5, 5.41) is 0. The number of hydrogen-bond donors (Lipinski definition) is 1. The second-order valence-corrected chi connectivity index (χ2v) is 4.77. The number of amides is 1. The van der Waals surface area contributed by atoms with E-state index < -0.39 is 18.0 Å². The van der Waals surface area contributed by atoms with E-state index in [1.165, 1.54) is 11.0 Å². The molecule has 0 aliphatic carbocycles. The van der Waals surface area contributed by atoms with E-state index in [0.717, 1.165) is 0 Å². The maximum Gasteiger partial charge on any atom is 0.355 e. The zero-order valence-electron chi connectivity index (χ0n) is 11.8. The third-order valence-electron chi connectivity index (χ3n) is 3.53. The van der Waals surface area contributed by atoms with Crippen LogP contribution in [-0.4, -0.2) is 48.0 Å². The highest BCUT2D eigenvalue weighted by Gasteiger charge is 2.52. The molecule has 0 bridgehead atoms. The van der Waals surface area contributed by atoms with E-state index in [0.29, 0.717) is 12.8 Å². The first-order valence-electron chi connectivity index (χ1n) is 6.79. The highest BCUT2D eigenvalue weighted by atomic mass is 16.5. The second-order valence-electron chi connectivity index (χ2n) is 4.77. The standard InChI is InChI=1S/C14H18N2O5/c1-3-7-21-14(19)11-8(13(18)20-4-2)5-6-9-10(15)12(17)16(9)11/h3,9-10H,1,4-7,15H2,2H3/t9-,10+/m1/s1. The van der Waals surface area contributed by atoms with Crippen molar-refractivity contribution in [2.24, 2.45) is 5.73 Å². The molecular weight excluding hydrogens is 276 g/mol. The molecule has 1 saturated heterocycles.